The van der Waals surface area contributed by atoms with Gasteiger partial charge in [-0.25, -0.2) is 9.97 Å². The van der Waals surface area contributed by atoms with Crippen LogP contribution in [0.25, 0.3) is 0 Å². The molecule has 12 heteroatoms. The molecule has 7 aromatic rings. The van der Waals surface area contributed by atoms with Crippen LogP contribution in [0.2, 0.25) is 0 Å². The van der Waals surface area contributed by atoms with Gasteiger partial charge in [-0.2, -0.15) is 0 Å². The molecule has 0 spiro atoms. The first-order chi connectivity index (χ1) is 53.4. The molecule has 1 aliphatic carbocycles. The lowest BCUT2D eigenvalue weighted by molar-refractivity contribution is -0.00836. The Morgan fingerprint density at radius 1 is 0.347 bits per heavy atom. The molecule has 7 unspecified atom stereocenters. The van der Waals surface area contributed by atoms with E-state index in [1.807, 2.05) is 18.6 Å². The maximum atomic E-state index is 5.96. The van der Waals surface area contributed by atoms with Crippen LogP contribution in [0.5, 0.6) is 5.88 Å². The summed E-state index contributed by atoms with van der Waals surface area (Å²) >= 11 is 0. The van der Waals surface area contributed by atoms with E-state index < -0.39 is 0 Å². The monoisotopic (exact) mass is 1610 g/mol. The second-order valence-electron chi connectivity index (χ2n) is 50.3. The topological polar surface area (TPSA) is 133 Å². The maximum absolute atomic E-state index is 5.96. The number of pyridine rings is 4. The molecule has 7 atom stereocenters. The normalized spacial score (nSPS) is 20.4. The van der Waals surface area contributed by atoms with Crippen molar-refractivity contribution in [1.82, 2.24) is 40.1 Å². The quantitative estimate of drug-likeness (QED) is 0.134. The molecule has 5 aromatic heterocycles. The molecule has 654 valence electrons. The number of anilines is 1. The van der Waals surface area contributed by atoms with Gasteiger partial charge in [0, 0.05) is 90.9 Å². The summed E-state index contributed by atoms with van der Waals surface area (Å²) in [6, 6.07) is 24.6. The number of fused-ring (bicyclic) bond motifs is 7. The van der Waals surface area contributed by atoms with Crippen LogP contribution in [0.1, 0.15) is 440 Å². The van der Waals surface area contributed by atoms with Crippen molar-refractivity contribution in [2.75, 3.05) is 18.5 Å². The molecule has 3 N–H and O–H groups in total. The Balaban J connectivity index is 0.000000172. The third-order valence-corrected chi connectivity index (χ3v) is 24.8. The lowest BCUT2D eigenvalue weighted by atomic mass is 9.76. The number of hydrogen-bond donors (Lipinski definition) is 3. The zero-order valence-electron chi connectivity index (χ0n) is 82.8. The van der Waals surface area contributed by atoms with Gasteiger partial charge in [-0.1, -0.05) is 339 Å². The van der Waals surface area contributed by atoms with Crippen molar-refractivity contribution in [2.24, 2.45) is 37.9 Å². The highest BCUT2D eigenvalue weighted by atomic mass is 16.5. The summed E-state index contributed by atoms with van der Waals surface area (Å²) in [7, 11) is 0. The number of ether oxygens (including phenoxy) is 3. The Kier molecular flexibility index (Phi) is 28.6. The predicted octanol–water partition coefficient (Wildman–Crippen LogP) is 27.9. The van der Waals surface area contributed by atoms with Crippen LogP contribution < -0.4 is 20.7 Å². The van der Waals surface area contributed by atoms with E-state index in [2.05, 4.69) is 409 Å². The molecule has 0 fully saturated rings. The van der Waals surface area contributed by atoms with E-state index in [1.54, 1.807) is 0 Å². The molecule has 12 nitrogen and oxygen atoms in total. The molecule has 0 amide bonds. The van der Waals surface area contributed by atoms with Crippen LogP contribution in [0, 0.1) is 37.9 Å². The van der Waals surface area contributed by atoms with Crippen molar-refractivity contribution in [1.29, 1.82) is 0 Å². The minimum absolute atomic E-state index is 0.126. The van der Waals surface area contributed by atoms with Crippen molar-refractivity contribution in [3.63, 3.8) is 0 Å². The fourth-order valence-electron chi connectivity index (χ4n) is 16.8. The van der Waals surface area contributed by atoms with Gasteiger partial charge in [0.25, 0.3) is 0 Å². The van der Waals surface area contributed by atoms with Gasteiger partial charge in [-0.05, 0) is 168 Å². The van der Waals surface area contributed by atoms with E-state index in [1.165, 1.54) is 101 Å². The number of nitrogens with one attached hydrogen (secondary N) is 3. The molecule has 0 radical (unpaired) electrons. The van der Waals surface area contributed by atoms with Crippen LogP contribution in [-0.2, 0) is 80.1 Å². The fourth-order valence-corrected chi connectivity index (χ4v) is 16.8. The Morgan fingerprint density at radius 3 is 1.22 bits per heavy atom. The first kappa shape index (κ1) is 97.1. The summed E-state index contributed by atoms with van der Waals surface area (Å²) in [6.45, 7) is 100. The van der Waals surface area contributed by atoms with E-state index in [-0.39, 0.29) is 82.6 Å². The van der Waals surface area contributed by atoms with Crippen molar-refractivity contribution in [3.05, 3.63) is 192 Å². The second-order valence-corrected chi connectivity index (χ2v) is 50.3. The average molecular weight is 1620 g/mol. The molecule has 2 aromatic carbocycles. The minimum Gasteiger partial charge on any atom is -0.477 e. The average Bonchev–Trinajstić information content (AvgIpc) is 1.61. The Bertz CT molecular complexity index is 3900. The molecule has 0 saturated carbocycles. The largest absolute Gasteiger partial charge is 0.477 e. The van der Waals surface area contributed by atoms with Crippen molar-refractivity contribution >= 4 is 5.95 Å². The molecule has 14 rings (SSSR count). The van der Waals surface area contributed by atoms with Gasteiger partial charge in [0.15, 0.2) is 0 Å². The summed E-state index contributed by atoms with van der Waals surface area (Å²) in [6.07, 6.45) is 13.1. The standard InChI is InChI=1S/2C16H25N.C16H24O.C15H24N2.2C15H23NO.C13H23N3/c1-15(2,3)11-9-12-13(16(4,5)6)7-8-14(12)17-10-11;2*1-15(2,3)12-8-7-11-10-17-14(13(11)9-12)16(4,5)6;2*1-14(2,3)10-7-11-12(16-8-10)9-17-13(11)15(4,5)6;1-14(2,3)10-7-11-12(15(4,5)6)9-17-13(11)16-8-10;1-12(2,3)9-8-16-10(13(4,5)6)7-14-11(16)15-9/h9-10,13H,7-8H2,1-6H3;7-9,14,17H,10H2,1-6H3;7-9,14H,10H2,1-6H3;7-8,13,17H,9H2,1-6H3;7-8,13H,9H2,1-6H3;7-8,12H,9H2,1-6H3;8,10H,7H2,1-6H3,(H,14,15). The highest BCUT2D eigenvalue weighted by molar-refractivity contribution is 5.45. The molecular formula is C106H167N9O3. The predicted molar refractivity (Wildman–Crippen MR) is 500 cm³/mol. The molecule has 7 aliphatic rings. The zero-order chi connectivity index (χ0) is 89.2. The first-order valence-corrected chi connectivity index (χ1v) is 44.8. The van der Waals surface area contributed by atoms with Gasteiger partial charge < -0.3 is 34.7 Å². The van der Waals surface area contributed by atoms with E-state index >= 15 is 0 Å². The Hall–Kier alpha value is -6.31. The molecule has 0 bridgehead atoms. The smallest absolute Gasteiger partial charge is 0.216 e. The van der Waals surface area contributed by atoms with Crippen LogP contribution in [0.4, 0.5) is 5.95 Å². The molecule has 118 heavy (non-hydrogen) atoms. The van der Waals surface area contributed by atoms with Crippen LogP contribution in [0.3, 0.4) is 0 Å². The van der Waals surface area contributed by atoms with Gasteiger partial charge in [-0.15, -0.1) is 0 Å². The van der Waals surface area contributed by atoms with Gasteiger partial charge in [0.2, 0.25) is 11.8 Å². The Morgan fingerprint density at radius 2 is 0.754 bits per heavy atom. The third-order valence-electron chi connectivity index (χ3n) is 24.8. The number of imidazole rings is 1. The summed E-state index contributed by atoms with van der Waals surface area (Å²) < 4.78 is 19.8. The van der Waals surface area contributed by atoms with Gasteiger partial charge in [0.05, 0.1) is 55.2 Å². The highest BCUT2D eigenvalue weighted by Gasteiger charge is 2.42. The van der Waals surface area contributed by atoms with Crippen LogP contribution in [-0.4, -0.2) is 42.6 Å². The summed E-state index contributed by atoms with van der Waals surface area (Å²) in [5, 5.41) is 10.6. The SMILES string of the molecule is CC(C)(C)c1ccc2c(c1)C(C(C)(C)C)NC2.CC(C)(C)c1ccc2c(c1)C(C(C)(C)C)OC2.CC(C)(C)c1cn2c(n1)NCC2C(C)(C)C.CC(C)(C)c1cnc2c(c1)C(C(C)(C)C)CC2.CC(C)(C)c1cnc2c(c1)C(C(C)(C)C)CO2.CC(C)(C)c1cnc2c(c1)C(C(C)(C)C)NC2.CC(C)(C)c1cnc2c(c1)C(C(C)(C)C)OC2. The highest BCUT2D eigenvalue weighted by Crippen LogP contribution is 2.50. The molecular weight excluding hydrogens is 1450 g/mol. The lowest BCUT2D eigenvalue weighted by Gasteiger charge is -2.29. The van der Waals surface area contributed by atoms with Gasteiger partial charge >= 0.3 is 0 Å². The van der Waals surface area contributed by atoms with Gasteiger partial charge in [0.1, 0.15) is 0 Å². The number of nitrogens with zero attached hydrogens (tertiary/aromatic N) is 6. The van der Waals surface area contributed by atoms with E-state index in [0.29, 0.717) is 42.0 Å². The van der Waals surface area contributed by atoms with E-state index in [4.69, 9.17) is 14.2 Å². The van der Waals surface area contributed by atoms with Crippen molar-refractivity contribution in [3.8, 4) is 5.88 Å². The van der Waals surface area contributed by atoms with E-state index in [9.17, 15) is 0 Å². The van der Waals surface area contributed by atoms with Crippen molar-refractivity contribution < 1.29 is 14.2 Å². The van der Waals surface area contributed by atoms with Crippen LogP contribution in [0.15, 0.2) is 91.6 Å². The summed E-state index contributed by atoms with van der Waals surface area (Å²) in [5.41, 5.74) is 27.0. The van der Waals surface area contributed by atoms with Gasteiger partial charge in [-0.3, -0.25) is 15.0 Å². The zero-order valence-corrected chi connectivity index (χ0v) is 82.8. The summed E-state index contributed by atoms with van der Waals surface area (Å²) in [4.78, 5) is 23.0. The van der Waals surface area contributed by atoms with Crippen LogP contribution >= 0.6 is 0 Å². The second kappa shape index (κ2) is 34.8. The fraction of sp³-hybridized carbons (Fsp3) is 0.670. The number of hydrogen-bond acceptors (Lipinski definition) is 11. The number of benzene rings is 2. The lowest BCUT2D eigenvalue weighted by Crippen LogP contribution is -2.26. The first-order valence-electron chi connectivity index (χ1n) is 44.8. The van der Waals surface area contributed by atoms with E-state index in [0.717, 1.165) is 56.8 Å². The molecule has 11 heterocycles. The Labute approximate surface area is 720 Å². The third kappa shape index (κ3) is 24.3. The number of aryl methyl sites for hydroxylation is 1. The number of aromatic nitrogens is 6. The van der Waals surface area contributed by atoms with Crippen molar-refractivity contribution in [2.45, 2.75) is 410 Å². The maximum Gasteiger partial charge on any atom is 0.216 e. The molecule has 0 saturated heterocycles. The minimum atomic E-state index is 0.126. The molecule has 6 aliphatic heterocycles. The summed E-state index contributed by atoms with van der Waals surface area (Å²) in [5.74, 6) is 2.99. The number of rotatable bonds is 0.